The number of carbonyl (C=O) groups excluding carboxylic acids is 1. The number of benzene rings is 2. The quantitative estimate of drug-likeness (QED) is 0.577. The first-order valence-corrected chi connectivity index (χ1v) is 7.62. The smallest absolute Gasteiger partial charge is 0.361 e. The van der Waals surface area contributed by atoms with Crippen molar-refractivity contribution >= 4 is 17.0 Å². The zero-order chi connectivity index (χ0) is 17.1. The molecule has 1 amide bonds. The first-order chi connectivity index (χ1) is 11.6. The molecular formula is C18H18N2O4. The van der Waals surface area contributed by atoms with Crippen molar-refractivity contribution in [2.24, 2.45) is 0 Å². The van der Waals surface area contributed by atoms with Gasteiger partial charge in [-0.2, -0.15) is 0 Å². The second-order valence-corrected chi connectivity index (χ2v) is 5.50. The first kappa shape index (κ1) is 15.9. The van der Waals surface area contributed by atoms with E-state index in [0.29, 0.717) is 35.4 Å². The van der Waals surface area contributed by atoms with E-state index in [0.717, 1.165) is 10.3 Å². The number of methoxy groups -OCH3 is 1. The molecule has 2 aromatic carbocycles. The fourth-order valence-corrected chi connectivity index (χ4v) is 2.42. The van der Waals surface area contributed by atoms with Crippen LogP contribution in [-0.2, 0) is 6.42 Å². The molecule has 124 valence electrons. The predicted octanol–water partition coefficient (Wildman–Crippen LogP) is 2.36. The van der Waals surface area contributed by atoms with Gasteiger partial charge >= 0.3 is 5.89 Å². The first-order valence-electron chi connectivity index (χ1n) is 7.62. The number of rotatable bonds is 5. The molecule has 0 unspecified atom stereocenters. The summed E-state index contributed by atoms with van der Waals surface area (Å²) in [6.07, 6.45) is 0.304. The van der Waals surface area contributed by atoms with Crippen molar-refractivity contribution in [1.82, 2.24) is 5.32 Å². The van der Waals surface area contributed by atoms with E-state index >= 15 is 0 Å². The fraction of sp³-hybridized carbons (Fsp3) is 0.222. The molecule has 3 rings (SSSR count). The van der Waals surface area contributed by atoms with Crippen LogP contribution in [0.5, 0.6) is 5.75 Å². The third-order valence-corrected chi connectivity index (χ3v) is 3.78. The Morgan fingerprint density at radius 3 is 2.71 bits per heavy atom. The van der Waals surface area contributed by atoms with Crippen LogP contribution in [0.15, 0.2) is 46.9 Å². The highest BCUT2D eigenvalue weighted by molar-refractivity contribution is 5.94. The van der Waals surface area contributed by atoms with Crippen LogP contribution >= 0.6 is 0 Å². The van der Waals surface area contributed by atoms with Gasteiger partial charge in [-0.1, -0.05) is 17.7 Å². The van der Waals surface area contributed by atoms with Crippen molar-refractivity contribution in [3.63, 3.8) is 0 Å². The summed E-state index contributed by atoms with van der Waals surface area (Å²) in [6.45, 7) is 2.27. The van der Waals surface area contributed by atoms with Crippen molar-refractivity contribution in [3.05, 3.63) is 64.7 Å². The number of hydrogen-bond acceptors (Lipinski definition) is 4. The highest BCUT2D eigenvalue weighted by atomic mass is 16.5. The van der Waals surface area contributed by atoms with Gasteiger partial charge in [-0.25, -0.2) is 0 Å². The van der Waals surface area contributed by atoms with Gasteiger partial charge in [0.1, 0.15) is 5.75 Å². The molecule has 1 heterocycles. The second-order valence-electron chi connectivity index (χ2n) is 5.50. The summed E-state index contributed by atoms with van der Waals surface area (Å²) in [7, 11) is 1.55. The number of ether oxygens (including phenoxy) is 1. The van der Waals surface area contributed by atoms with Gasteiger partial charge in [0, 0.05) is 24.2 Å². The summed E-state index contributed by atoms with van der Waals surface area (Å²) in [5.74, 6) is 0.698. The molecule has 0 bridgehead atoms. The zero-order valence-corrected chi connectivity index (χ0v) is 13.5. The number of nitrogens with zero attached hydrogens (tertiary/aromatic N) is 1. The standard InChI is InChI=1S/C18H18N2O4/c1-12-3-5-13(6-4-12)18(21)19-10-9-17-20(22)15-8-7-14(23-2)11-16(15)24-17/h3-8,11H,9-10H2,1-2H3,(H,19,21). The summed E-state index contributed by atoms with van der Waals surface area (Å²) in [5, 5.41) is 15.0. The van der Waals surface area contributed by atoms with Gasteiger partial charge < -0.3 is 19.7 Å². The number of hydrogen-bond donors (Lipinski definition) is 1. The Bertz CT molecular complexity index is 869. The highest BCUT2D eigenvalue weighted by Gasteiger charge is 2.18. The predicted molar refractivity (Wildman–Crippen MR) is 88.9 cm³/mol. The molecule has 0 atom stereocenters. The van der Waals surface area contributed by atoms with Gasteiger partial charge in [0.25, 0.3) is 11.4 Å². The zero-order valence-electron chi connectivity index (χ0n) is 13.5. The lowest BCUT2D eigenvalue weighted by molar-refractivity contribution is -0.592. The molecule has 0 spiro atoms. The van der Waals surface area contributed by atoms with Crippen LogP contribution in [0, 0.1) is 12.1 Å². The minimum absolute atomic E-state index is 0.176. The Hall–Kier alpha value is -3.02. The molecule has 0 aliphatic heterocycles. The van der Waals surface area contributed by atoms with E-state index in [2.05, 4.69) is 5.32 Å². The van der Waals surface area contributed by atoms with Gasteiger partial charge in [0.15, 0.2) is 0 Å². The minimum atomic E-state index is -0.176. The van der Waals surface area contributed by atoms with Crippen LogP contribution < -0.4 is 14.8 Å². The van der Waals surface area contributed by atoms with E-state index in [1.807, 2.05) is 19.1 Å². The molecule has 0 saturated heterocycles. The third-order valence-electron chi connectivity index (χ3n) is 3.78. The van der Waals surface area contributed by atoms with Crippen LogP contribution in [0.2, 0.25) is 0 Å². The van der Waals surface area contributed by atoms with Crippen LogP contribution in [-0.4, -0.2) is 19.6 Å². The number of aryl methyl sites for hydroxylation is 1. The van der Waals surface area contributed by atoms with E-state index in [1.165, 1.54) is 0 Å². The van der Waals surface area contributed by atoms with Crippen molar-refractivity contribution in [2.45, 2.75) is 13.3 Å². The normalized spacial score (nSPS) is 10.8. The van der Waals surface area contributed by atoms with Gasteiger partial charge in [0.05, 0.1) is 13.5 Å². The maximum absolute atomic E-state index is 12.2. The van der Waals surface area contributed by atoms with Gasteiger partial charge in [-0.3, -0.25) is 4.79 Å². The van der Waals surface area contributed by atoms with Crippen molar-refractivity contribution < 1.29 is 18.7 Å². The molecule has 0 fully saturated rings. The Morgan fingerprint density at radius 1 is 1.25 bits per heavy atom. The van der Waals surface area contributed by atoms with Crippen LogP contribution in [0.4, 0.5) is 0 Å². The third kappa shape index (κ3) is 3.17. The molecule has 24 heavy (non-hydrogen) atoms. The van der Waals surface area contributed by atoms with E-state index in [4.69, 9.17) is 9.15 Å². The van der Waals surface area contributed by atoms with E-state index < -0.39 is 0 Å². The number of carbonyl (C=O) groups is 1. The Balaban J connectivity index is 1.66. The van der Waals surface area contributed by atoms with E-state index in [9.17, 15) is 10.0 Å². The van der Waals surface area contributed by atoms with E-state index in [-0.39, 0.29) is 11.8 Å². The summed E-state index contributed by atoms with van der Waals surface area (Å²) in [6, 6.07) is 12.3. The highest BCUT2D eigenvalue weighted by Crippen LogP contribution is 2.20. The summed E-state index contributed by atoms with van der Waals surface area (Å²) < 4.78 is 11.4. The van der Waals surface area contributed by atoms with Gasteiger partial charge in [-0.05, 0) is 25.1 Å². The molecule has 0 aliphatic rings. The Morgan fingerprint density at radius 2 is 2.00 bits per heavy atom. The molecule has 1 N–H and O–H groups in total. The average molecular weight is 326 g/mol. The molecule has 0 saturated carbocycles. The van der Waals surface area contributed by atoms with Crippen LogP contribution in [0.3, 0.4) is 0 Å². The number of oxazole rings is 1. The molecule has 6 nitrogen and oxygen atoms in total. The lowest BCUT2D eigenvalue weighted by atomic mass is 10.1. The summed E-state index contributed by atoms with van der Waals surface area (Å²) >= 11 is 0. The molecule has 0 radical (unpaired) electrons. The van der Waals surface area contributed by atoms with Gasteiger partial charge in [0.2, 0.25) is 5.58 Å². The number of aromatic nitrogens is 1. The molecule has 6 heteroatoms. The molecular weight excluding hydrogens is 308 g/mol. The Labute approximate surface area is 139 Å². The summed E-state index contributed by atoms with van der Waals surface area (Å²) in [4.78, 5) is 12.0. The maximum atomic E-state index is 12.2. The lowest BCUT2D eigenvalue weighted by Crippen LogP contribution is -2.33. The summed E-state index contributed by atoms with van der Waals surface area (Å²) in [5.41, 5.74) is 2.58. The molecule has 3 aromatic rings. The van der Waals surface area contributed by atoms with Crippen LogP contribution in [0.25, 0.3) is 11.1 Å². The molecule has 1 aromatic heterocycles. The van der Waals surface area contributed by atoms with Crippen molar-refractivity contribution in [2.75, 3.05) is 13.7 Å². The number of nitrogens with one attached hydrogen (secondary N) is 1. The van der Waals surface area contributed by atoms with E-state index in [1.54, 1.807) is 37.4 Å². The monoisotopic (exact) mass is 326 g/mol. The minimum Gasteiger partial charge on any atom is -0.616 e. The maximum Gasteiger partial charge on any atom is 0.361 e. The van der Waals surface area contributed by atoms with Gasteiger partial charge in [-0.15, -0.1) is 4.73 Å². The fourth-order valence-electron chi connectivity index (χ4n) is 2.42. The average Bonchev–Trinajstić information content (AvgIpc) is 2.91. The lowest BCUT2D eigenvalue weighted by Gasteiger charge is -2.04. The van der Waals surface area contributed by atoms with Crippen molar-refractivity contribution in [3.8, 4) is 5.75 Å². The second kappa shape index (κ2) is 6.62. The topological polar surface area (TPSA) is 78.4 Å². The van der Waals surface area contributed by atoms with Crippen LogP contribution in [0.1, 0.15) is 21.8 Å². The number of amides is 1. The SMILES string of the molecule is COc1ccc2c(c1)oc(CCNC(=O)c1ccc(C)cc1)[n+]2[O-]. The largest absolute Gasteiger partial charge is 0.616 e. The molecule has 0 aliphatic carbocycles. The van der Waals surface area contributed by atoms with Crippen molar-refractivity contribution in [1.29, 1.82) is 0 Å². The Kier molecular flexibility index (Phi) is 4.37. The number of fused-ring (bicyclic) bond motifs is 1.